The first kappa shape index (κ1) is 14.8. The lowest BCUT2D eigenvalue weighted by molar-refractivity contribution is -0.386. The van der Waals surface area contributed by atoms with Gasteiger partial charge in [-0.25, -0.2) is 0 Å². The molecular formula is C14H11BrClNO3. The van der Waals surface area contributed by atoms with Gasteiger partial charge in [-0.2, -0.15) is 0 Å². The molecule has 0 atom stereocenters. The molecule has 4 nitrogen and oxygen atoms in total. The van der Waals surface area contributed by atoms with Crippen LogP contribution in [0.5, 0.6) is 5.75 Å². The molecule has 0 aromatic heterocycles. The van der Waals surface area contributed by atoms with Gasteiger partial charge in [0.25, 0.3) is 0 Å². The molecule has 2 rings (SSSR count). The summed E-state index contributed by atoms with van der Waals surface area (Å²) >= 11 is 9.09. The molecule has 0 aliphatic rings. The summed E-state index contributed by atoms with van der Waals surface area (Å²) in [6.07, 6.45) is 0. The Balaban J connectivity index is 2.21. The van der Waals surface area contributed by atoms with E-state index in [1.165, 1.54) is 6.07 Å². The fraction of sp³-hybridized carbons (Fsp3) is 0.143. The maximum Gasteiger partial charge on any atom is 0.311 e. The Labute approximate surface area is 129 Å². The number of nitrogens with zero attached hydrogens (tertiary/aromatic N) is 1. The molecule has 6 heteroatoms. The zero-order valence-corrected chi connectivity index (χ0v) is 12.7. The molecule has 0 aliphatic carbocycles. The monoisotopic (exact) mass is 355 g/mol. The summed E-state index contributed by atoms with van der Waals surface area (Å²) in [5.41, 5.74) is 1.53. The van der Waals surface area contributed by atoms with Crippen molar-refractivity contribution in [3.63, 3.8) is 0 Å². The second kappa shape index (κ2) is 6.72. The first-order valence-electron chi connectivity index (χ1n) is 5.81. The predicted molar refractivity (Wildman–Crippen MR) is 81.1 cm³/mol. The first-order valence-corrected chi connectivity index (χ1v) is 7.14. The van der Waals surface area contributed by atoms with Crippen molar-refractivity contribution in [2.24, 2.45) is 0 Å². The third kappa shape index (κ3) is 3.49. The molecule has 2 aromatic rings. The Morgan fingerprint density at radius 2 is 2.00 bits per heavy atom. The molecule has 0 amide bonds. The van der Waals surface area contributed by atoms with Gasteiger partial charge in [-0.1, -0.05) is 40.2 Å². The SMILES string of the molecule is O=[N+]([O-])c1cc(CCl)ccc1OCc1ccccc1Br. The van der Waals surface area contributed by atoms with Crippen molar-refractivity contribution in [1.82, 2.24) is 0 Å². The van der Waals surface area contributed by atoms with Crippen LogP contribution in [0, 0.1) is 10.1 Å². The van der Waals surface area contributed by atoms with E-state index in [0.717, 1.165) is 10.0 Å². The molecule has 0 fully saturated rings. The summed E-state index contributed by atoms with van der Waals surface area (Å²) < 4.78 is 6.45. The van der Waals surface area contributed by atoms with E-state index in [9.17, 15) is 10.1 Å². The lowest BCUT2D eigenvalue weighted by Crippen LogP contribution is -2.00. The molecule has 0 unspecified atom stereocenters. The smallest absolute Gasteiger partial charge is 0.311 e. The molecule has 0 spiro atoms. The number of nitro groups is 1. The summed E-state index contributed by atoms with van der Waals surface area (Å²) in [5, 5.41) is 11.0. The Morgan fingerprint density at radius 1 is 1.25 bits per heavy atom. The van der Waals surface area contributed by atoms with Crippen LogP contribution in [0.2, 0.25) is 0 Å². The van der Waals surface area contributed by atoms with Crippen LogP contribution in [0.1, 0.15) is 11.1 Å². The Kier molecular flexibility index (Phi) is 4.98. The van der Waals surface area contributed by atoms with E-state index in [1.54, 1.807) is 12.1 Å². The zero-order chi connectivity index (χ0) is 14.5. The van der Waals surface area contributed by atoms with Gasteiger partial charge < -0.3 is 4.74 Å². The van der Waals surface area contributed by atoms with Gasteiger partial charge in [0.05, 0.1) is 4.92 Å². The molecule has 0 aliphatic heterocycles. The summed E-state index contributed by atoms with van der Waals surface area (Å²) in [7, 11) is 0. The number of hydrogen-bond acceptors (Lipinski definition) is 3. The second-order valence-electron chi connectivity index (χ2n) is 4.07. The minimum absolute atomic E-state index is 0.0739. The van der Waals surface area contributed by atoms with Gasteiger partial charge in [0.2, 0.25) is 0 Å². The summed E-state index contributed by atoms with van der Waals surface area (Å²) in [4.78, 5) is 10.6. The van der Waals surface area contributed by atoms with Crippen molar-refractivity contribution < 1.29 is 9.66 Å². The molecule has 0 N–H and O–H groups in total. The Morgan fingerprint density at radius 3 is 2.65 bits per heavy atom. The number of benzene rings is 2. The Hall–Kier alpha value is -1.59. The van der Waals surface area contributed by atoms with E-state index in [4.69, 9.17) is 16.3 Å². The summed E-state index contributed by atoms with van der Waals surface area (Å²) in [6, 6.07) is 12.3. The summed E-state index contributed by atoms with van der Waals surface area (Å²) in [5.74, 6) is 0.463. The lowest BCUT2D eigenvalue weighted by Gasteiger charge is -2.09. The van der Waals surface area contributed by atoms with E-state index >= 15 is 0 Å². The van der Waals surface area contributed by atoms with Crippen molar-refractivity contribution in [3.8, 4) is 5.75 Å². The highest BCUT2D eigenvalue weighted by molar-refractivity contribution is 9.10. The van der Waals surface area contributed by atoms with Crippen molar-refractivity contribution in [3.05, 3.63) is 68.2 Å². The molecule has 0 radical (unpaired) electrons. The van der Waals surface area contributed by atoms with E-state index in [0.29, 0.717) is 5.56 Å². The van der Waals surface area contributed by atoms with Gasteiger partial charge in [0.15, 0.2) is 5.75 Å². The third-order valence-corrected chi connectivity index (χ3v) is 3.80. The number of rotatable bonds is 5. The van der Waals surface area contributed by atoms with Crippen LogP contribution in [0.4, 0.5) is 5.69 Å². The minimum Gasteiger partial charge on any atom is -0.482 e. The fourth-order valence-corrected chi connectivity index (χ4v) is 2.25. The molecule has 104 valence electrons. The number of ether oxygens (including phenoxy) is 1. The van der Waals surface area contributed by atoms with Crippen molar-refractivity contribution >= 4 is 33.2 Å². The minimum atomic E-state index is -0.467. The van der Waals surface area contributed by atoms with E-state index in [2.05, 4.69) is 15.9 Å². The highest BCUT2D eigenvalue weighted by Crippen LogP contribution is 2.30. The largest absolute Gasteiger partial charge is 0.482 e. The average molecular weight is 357 g/mol. The van der Waals surface area contributed by atoms with Gasteiger partial charge in [0.1, 0.15) is 6.61 Å². The lowest BCUT2D eigenvalue weighted by atomic mass is 10.2. The molecule has 0 saturated carbocycles. The van der Waals surface area contributed by atoms with Gasteiger partial charge >= 0.3 is 5.69 Å². The van der Waals surface area contributed by atoms with Gasteiger partial charge in [-0.05, 0) is 17.7 Å². The molecule has 0 bridgehead atoms. The number of alkyl halides is 1. The van der Waals surface area contributed by atoms with Gasteiger partial charge in [0, 0.05) is 22.0 Å². The second-order valence-corrected chi connectivity index (χ2v) is 5.19. The first-order chi connectivity index (χ1) is 9.61. The van der Waals surface area contributed by atoms with Crippen LogP contribution in [0.25, 0.3) is 0 Å². The van der Waals surface area contributed by atoms with Crippen LogP contribution >= 0.6 is 27.5 Å². The molecule has 0 heterocycles. The predicted octanol–water partition coefficient (Wildman–Crippen LogP) is 4.68. The standard InChI is InChI=1S/C14H11BrClNO3/c15-12-4-2-1-3-11(12)9-20-14-6-5-10(8-16)7-13(14)17(18)19/h1-7H,8-9H2. The molecular weight excluding hydrogens is 346 g/mol. The van der Waals surface area contributed by atoms with E-state index < -0.39 is 4.92 Å². The molecule has 0 saturated heterocycles. The van der Waals surface area contributed by atoms with Crippen LogP contribution in [0.15, 0.2) is 46.9 Å². The van der Waals surface area contributed by atoms with Gasteiger partial charge in [-0.15, -0.1) is 11.6 Å². The highest BCUT2D eigenvalue weighted by Gasteiger charge is 2.16. The number of hydrogen-bond donors (Lipinski definition) is 0. The van der Waals surface area contributed by atoms with Crippen LogP contribution in [-0.4, -0.2) is 4.92 Å². The highest BCUT2D eigenvalue weighted by atomic mass is 79.9. The van der Waals surface area contributed by atoms with Crippen LogP contribution in [-0.2, 0) is 12.5 Å². The van der Waals surface area contributed by atoms with Crippen molar-refractivity contribution in [1.29, 1.82) is 0 Å². The zero-order valence-electron chi connectivity index (χ0n) is 10.4. The van der Waals surface area contributed by atoms with Crippen molar-refractivity contribution in [2.75, 3.05) is 0 Å². The normalized spacial score (nSPS) is 10.3. The maximum absolute atomic E-state index is 11.0. The fourth-order valence-electron chi connectivity index (χ4n) is 1.68. The van der Waals surface area contributed by atoms with Crippen LogP contribution in [0.3, 0.4) is 0 Å². The molecule has 20 heavy (non-hydrogen) atoms. The van der Waals surface area contributed by atoms with E-state index in [-0.39, 0.29) is 23.9 Å². The van der Waals surface area contributed by atoms with Gasteiger partial charge in [-0.3, -0.25) is 10.1 Å². The van der Waals surface area contributed by atoms with Crippen molar-refractivity contribution in [2.45, 2.75) is 12.5 Å². The van der Waals surface area contributed by atoms with Crippen LogP contribution < -0.4 is 4.74 Å². The number of nitro benzene ring substituents is 1. The topological polar surface area (TPSA) is 52.4 Å². The summed E-state index contributed by atoms with van der Waals surface area (Å²) in [6.45, 7) is 0.252. The third-order valence-electron chi connectivity index (χ3n) is 2.72. The van der Waals surface area contributed by atoms with E-state index in [1.807, 2.05) is 24.3 Å². The maximum atomic E-state index is 11.0. The molecule has 2 aromatic carbocycles. The number of halogens is 2. The Bertz CT molecular complexity index is 634. The average Bonchev–Trinajstić information content (AvgIpc) is 2.46. The quantitative estimate of drug-likeness (QED) is 0.444.